The summed E-state index contributed by atoms with van der Waals surface area (Å²) in [6, 6.07) is 1.49. The molecule has 3 N–H and O–H groups in total. The van der Waals surface area contributed by atoms with Gasteiger partial charge in [-0.05, 0) is 17.9 Å². The van der Waals surface area contributed by atoms with Gasteiger partial charge in [-0.1, -0.05) is 11.8 Å². The maximum Gasteiger partial charge on any atom is 0.242 e. The number of hydrogen-bond donors (Lipinski definition) is 3. The van der Waals surface area contributed by atoms with E-state index in [0.717, 1.165) is 10.4 Å². The number of carbonyl (C=O) groups is 2. The molecule has 1 fully saturated rings. The predicted molar refractivity (Wildman–Crippen MR) is 75.9 cm³/mol. The van der Waals surface area contributed by atoms with Crippen LogP contribution in [0.15, 0.2) is 11.4 Å². The number of nitrogens with one attached hydrogen (secondary N) is 2. The molecule has 5 nitrogen and oxygen atoms in total. The molecule has 0 aromatic carbocycles. The van der Waals surface area contributed by atoms with Gasteiger partial charge in [0.05, 0.1) is 13.2 Å². The summed E-state index contributed by atoms with van der Waals surface area (Å²) in [6.45, 7) is 0.455. The minimum absolute atomic E-state index is 0.0462. The molecule has 6 heteroatoms. The van der Waals surface area contributed by atoms with Crippen molar-refractivity contribution in [2.45, 2.75) is 31.8 Å². The first-order valence-electron chi connectivity index (χ1n) is 6.44. The molecule has 0 aliphatic carbocycles. The van der Waals surface area contributed by atoms with Gasteiger partial charge < -0.3 is 15.7 Å². The van der Waals surface area contributed by atoms with Crippen LogP contribution >= 0.6 is 11.3 Å². The van der Waals surface area contributed by atoms with Gasteiger partial charge in [-0.2, -0.15) is 0 Å². The molecule has 0 radical (unpaired) electrons. The van der Waals surface area contributed by atoms with Crippen molar-refractivity contribution in [3.8, 4) is 11.8 Å². The Morgan fingerprint density at radius 1 is 1.60 bits per heavy atom. The molecule has 2 amide bonds. The molecule has 1 aliphatic heterocycles. The van der Waals surface area contributed by atoms with Crippen LogP contribution in [0.1, 0.15) is 29.7 Å². The molecule has 20 heavy (non-hydrogen) atoms. The highest BCUT2D eigenvalue weighted by Gasteiger charge is 2.26. The second kappa shape index (κ2) is 7.08. The summed E-state index contributed by atoms with van der Waals surface area (Å²) < 4.78 is 0. The number of thiophene rings is 1. The van der Waals surface area contributed by atoms with E-state index in [4.69, 9.17) is 5.11 Å². The third kappa shape index (κ3) is 3.83. The first-order valence-corrected chi connectivity index (χ1v) is 7.32. The van der Waals surface area contributed by atoms with Gasteiger partial charge in [0, 0.05) is 23.3 Å². The highest BCUT2D eigenvalue weighted by molar-refractivity contribution is 7.10. The van der Waals surface area contributed by atoms with E-state index < -0.39 is 6.04 Å². The summed E-state index contributed by atoms with van der Waals surface area (Å²) in [5.74, 6) is 5.61. The van der Waals surface area contributed by atoms with Crippen LogP contribution in [-0.4, -0.2) is 29.6 Å². The Bertz CT molecular complexity index is 556. The molecule has 106 valence electrons. The summed E-state index contributed by atoms with van der Waals surface area (Å²) in [5.41, 5.74) is 0.874. The Morgan fingerprint density at radius 3 is 3.15 bits per heavy atom. The van der Waals surface area contributed by atoms with Crippen molar-refractivity contribution in [2.75, 3.05) is 6.61 Å². The molecular weight excluding hydrogens is 276 g/mol. The summed E-state index contributed by atoms with van der Waals surface area (Å²) in [7, 11) is 0. The molecule has 1 aromatic rings. The number of carbonyl (C=O) groups excluding carboxylic acids is 2. The van der Waals surface area contributed by atoms with E-state index in [9.17, 15) is 9.59 Å². The maximum atomic E-state index is 11.9. The number of amides is 2. The lowest BCUT2D eigenvalue weighted by Crippen LogP contribution is -2.41. The molecule has 2 rings (SSSR count). The van der Waals surface area contributed by atoms with Crippen molar-refractivity contribution in [1.82, 2.24) is 10.6 Å². The van der Waals surface area contributed by atoms with E-state index in [0.29, 0.717) is 25.8 Å². The number of rotatable bonds is 4. The Balaban J connectivity index is 1.88. The lowest BCUT2D eigenvalue weighted by atomic mass is 10.2. The zero-order valence-electron chi connectivity index (χ0n) is 10.9. The average molecular weight is 292 g/mol. The molecule has 2 heterocycles. The molecule has 1 atom stereocenters. The van der Waals surface area contributed by atoms with Gasteiger partial charge in [0.1, 0.15) is 6.04 Å². The summed E-state index contributed by atoms with van der Waals surface area (Å²) in [6.07, 6.45) is 1.41. The normalized spacial score (nSPS) is 17.2. The van der Waals surface area contributed by atoms with Crippen LogP contribution in [0.3, 0.4) is 0 Å². The molecule has 1 unspecified atom stereocenters. The second-order valence-corrected chi connectivity index (χ2v) is 5.41. The van der Waals surface area contributed by atoms with Crippen molar-refractivity contribution >= 4 is 23.2 Å². The van der Waals surface area contributed by atoms with Crippen LogP contribution in [0.25, 0.3) is 0 Å². The zero-order valence-corrected chi connectivity index (χ0v) is 11.8. The predicted octanol–water partition coefficient (Wildman–Crippen LogP) is 0.377. The van der Waals surface area contributed by atoms with Crippen LogP contribution < -0.4 is 10.6 Å². The van der Waals surface area contributed by atoms with E-state index in [1.54, 1.807) is 0 Å². The quantitative estimate of drug-likeness (QED) is 0.702. The van der Waals surface area contributed by atoms with Crippen LogP contribution in [0, 0.1) is 11.8 Å². The number of aliphatic hydroxyl groups is 1. The minimum atomic E-state index is -0.411. The van der Waals surface area contributed by atoms with Gasteiger partial charge in [0.15, 0.2) is 0 Å². The fourth-order valence-electron chi connectivity index (χ4n) is 1.90. The van der Waals surface area contributed by atoms with Gasteiger partial charge in [-0.3, -0.25) is 9.59 Å². The summed E-state index contributed by atoms with van der Waals surface area (Å²) in [5, 5.41) is 16.1. The molecule has 0 spiro atoms. The average Bonchev–Trinajstić information content (AvgIpc) is 3.05. The molecule has 1 aliphatic rings. The Kier molecular flexibility index (Phi) is 5.16. The lowest BCUT2D eigenvalue weighted by molar-refractivity contribution is -0.125. The highest BCUT2D eigenvalue weighted by atomic mass is 32.1. The Labute approximate surface area is 121 Å². The molecule has 1 aromatic heterocycles. The standard InChI is InChI=1S/C14H16N2O3S/c17-7-2-1-3-10-6-8-20-12(10)9-15-14(19)11-4-5-13(18)16-11/h6,8,11,17H,2,4-5,7,9H2,(H,15,19)(H,16,18). The van der Waals surface area contributed by atoms with E-state index in [1.165, 1.54) is 11.3 Å². The topological polar surface area (TPSA) is 78.4 Å². The molecular formula is C14H16N2O3S. The maximum absolute atomic E-state index is 11.9. The van der Waals surface area contributed by atoms with Gasteiger partial charge in [-0.15, -0.1) is 11.3 Å². The van der Waals surface area contributed by atoms with Crippen LogP contribution in [0.5, 0.6) is 0 Å². The Hall–Kier alpha value is -1.84. The van der Waals surface area contributed by atoms with E-state index in [-0.39, 0.29) is 18.4 Å². The van der Waals surface area contributed by atoms with Crippen LogP contribution in [0.2, 0.25) is 0 Å². The van der Waals surface area contributed by atoms with Gasteiger partial charge >= 0.3 is 0 Å². The van der Waals surface area contributed by atoms with Gasteiger partial charge in [-0.25, -0.2) is 0 Å². The first-order chi connectivity index (χ1) is 9.70. The van der Waals surface area contributed by atoms with Crippen molar-refractivity contribution in [3.63, 3.8) is 0 Å². The Morgan fingerprint density at radius 2 is 2.45 bits per heavy atom. The van der Waals surface area contributed by atoms with E-state index in [1.807, 2.05) is 11.4 Å². The largest absolute Gasteiger partial charge is 0.395 e. The lowest BCUT2D eigenvalue weighted by Gasteiger charge is -2.10. The molecule has 0 saturated carbocycles. The third-order valence-corrected chi connectivity index (χ3v) is 3.86. The van der Waals surface area contributed by atoms with E-state index in [2.05, 4.69) is 22.5 Å². The van der Waals surface area contributed by atoms with Crippen molar-refractivity contribution in [1.29, 1.82) is 0 Å². The van der Waals surface area contributed by atoms with Gasteiger partial charge in [0.25, 0.3) is 0 Å². The molecule has 1 saturated heterocycles. The number of hydrogen-bond acceptors (Lipinski definition) is 4. The van der Waals surface area contributed by atoms with Gasteiger partial charge in [0.2, 0.25) is 11.8 Å². The third-order valence-electron chi connectivity index (χ3n) is 2.94. The van der Waals surface area contributed by atoms with Crippen LogP contribution in [0.4, 0.5) is 0 Å². The first kappa shape index (κ1) is 14.6. The smallest absolute Gasteiger partial charge is 0.242 e. The number of aliphatic hydroxyl groups excluding tert-OH is 1. The SMILES string of the molecule is O=C1CCC(C(=O)NCc2sccc2C#CCCO)N1. The zero-order chi connectivity index (χ0) is 14.4. The fraction of sp³-hybridized carbons (Fsp3) is 0.429. The van der Waals surface area contributed by atoms with Crippen molar-refractivity contribution in [3.05, 3.63) is 21.9 Å². The van der Waals surface area contributed by atoms with Crippen molar-refractivity contribution in [2.24, 2.45) is 0 Å². The second-order valence-electron chi connectivity index (χ2n) is 4.41. The fourth-order valence-corrected chi connectivity index (χ4v) is 2.67. The summed E-state index contributed by atoms with van der Waals surface area (Å²) in [4.78, 5) is 23.9. The molecule has 0 bridgehead atoms. The van der Waals surface area contributed by atoms with Crippen LogP contribution in [-0.2, 0) is 16.1 Å². The van der Waals surface area contributed by atoms with Crippen molar-refractivity contribution < 1.29 is 14.7 Å². The summed E-state index contributed by atoms with van der Waals surface area (Å²) >= 11 is 1.53. The highest BCUT2D eigenvalue weighted by Crippen LogP contribution is 2.16. The monoisotopic (exact) mass is 292 g/mol. The van der Waals surface area contributed by atoms with E-state index >= 15 is 0 Å². The minimum Gasteiger partial charge on any atom is -0.395 e.